The summed E-state index contributed by atoms with van der Waals surface area (Å²) in [6, 6.07) is 21.4. The number of anilines is 4. The molecule has 1 aliphatic rings. The van der Waals surface area contributed by atoms with E-state index in [-0.39, 0.29) is 27.9 Å². The molecule has 6 aromatic rings. The summed E-state index contributed by atoms with van der Waals surface area (Å²) in [4.78, 5) is 37.2. The van der Waals surface area contributed by atoms with Crippen LogP contribution in [-0.4, -0.2) is 67.8 Å². The number of amides is 1. The van der Waals surface area contributed by atoms with Crippen LogP contribution in [-0.2, 0) is 11.2 Å². The number of aromatic amines is 1. The smallest absolute Gasteiger partial charge is 0.410 e. The molecule has 4 aromatic heterocycles. The van der Waals surface area contributed by atoms with Gasteiger partial charge in [0.2, 0.25) is 0 Å². The number of rotatable bonds is 7. The van der Waals surface area contributed by atoms with Crippen molar-refractivity contribution in [2.45, 2.75) is 52.2 Å². The first-order valence-electron chi connectivity index (χ1n) is 16.9. The highest BCUT2D eigenvalue weighted by atomic mass is 35.5. The second-order valence-electron chi connectivity index (χ2n) is 13.7. The molecule has 1 fully saturated rings. The first-order valence-corrected chi connectivity index (χ1v) is 17.7. The zero-order valence-electron chi connectivity index (χ0n) is 29.1. The van der Waals surface area contributed by atoms with Crippen LogP contribution in [0.3, 0.4) is 0 Å². The van der Waals surface area contributed by atoms with Crippen molar-refractivity contribution in [3.8, 4) is 17.0 Å². The average molecular weight is 725 g/mol. The third-order valence-electron chi connectivity index (χ3n) is 9.19. The molecule has 12 heteroatoms. The lowest BCUT2D eigenvalue weighted by Gasteiger charge is -2.29. The van der Waals surface area contributed by atoms with E-state index in [2.05, 4.69) is 44.9 Å². The summed E-state index contributed by atoms with van der Waals surface area (Å²) < 4.78 is 5.61. The van der Waals surface area contributed by atoms with Crippen LogP contribution in [0.1, 0.15) is 39.7 Å². The van der Waals surface area contributed by atoms with Crippen LogP contribution in [0.2, 0.25) is 10.0 Å². The number of aromatic hydroxyl groups is 1. The molecule has 51 heavy (non-hydrogen) atoms. The molecule has 0 radical (unpaired) electrons. The number of carbonyl (C=O) groups is 1. The van der Waals surface area contributed by atoms with E-state index < -0.39 is 5.60 Å². The summed E-state index contributed by atoms with van der Waals surface area (Å²) >= 11 is 12.6. The molecular formula is C39H39Cl2N7O3. The third-order valence-corrected chi connectivity index (χ3v) is 9.77. The topological polar surface area (TPSA) is 111 Å². The third kappa shape index (κ3) is 6.73. The van der Waals surface area contributed by atoms with Crippen LogP contribution in [0.15, 0.2) is 79.1 Å². The molecule has 0 bridgehead atoms. The summed E-state index contributed by atoms with van der Waals surface area (Å²) in [6.07, 6.45) is 4.93. The number of benzene rings is 2. The molecule has 1 atom stereocenters. The van der Waals surface area contributed by atoms with E-state index >= 15 is 0 Å². The monoisotopic (exact) mass is 723 g/mol. The van der Waals surface area contributed by atoms with Gasteiger partial charge in [0.25, 0.3) is 0 Å². The van der Waals surface area contributed by atoms with E-state index in [1.807, 2.05) is 63.4 Å². The highest BCUT2D eigenvalue weighted by Gasteiger charge is 2.32. The standard InChI is InChI=1S/C39H39Cl2N7O3/c1-6-26-27-9-7-8-10-31(27)45-37(26)48(24-11-14-34(43-21-24)47-18-16-25(22-47)46(5)38(50)51-39(2,3)4)33-15-17-42-32-13-12-30(44-35(32)33)23-19-28(40)36(49)29(41)20-23/h7-15,17,19-21,25,45,49H,6,16,18,22H2,1-5H3. The van der Waals surface area contributed by atoms with Crippen LogP contribution in [0, 0.1) is 0 Å². The van der Waals surface area contributed by atoms with E-state index in [0.717, 1.165) is 58.9 Å². The second-order valence-corrected chi connectivity index (χ2v) is 14.5. The molecule has 2 aromatic carbocycles. The van der Waals surface area contributed by atoms with Gasteiger partial charge in [-0.15, -0.1) is 0 Å². The Bertz CT molecular complexity index is 2230. The van der Waals surface area contributed by atoms with Crippen molar-refractivity contribution in [2.24, 2.45) is 0 Å². The number of phenols is 1. The number of carbonyl (C=O) groups excluding carboxylic acids is 1. The quantitative estimate of drug-likeness (QED) is 0.168. The zero-order chi connectivity index (χ0) is 36.0. The van der Waals surface area contributed by atoms with Crippen LogP contribution < -0.4 is 9.80 Å². The Morgan fingerprint density at radius 1 is 1.06 bits per heavy atom. The summed E-state index contributed by atoms with van der Waals surface area (Å²) in [5, 5.41) is 11.6. The maximum atomic E-state index is 12.8. The minimum absolute atomic E-state index is 0.0121. The normalized spacial score (nSPS) is 14.7. The van der Waals surface area contributed by atoms with Gasteiger partial charge in [0.1, 0.15) is 22.8 Å². The first-order chi connectivity index (χ1) is 24.4. The van der Waals surface area contributed by atoms with Crippen LogP contribution in [0.4, 0.5) is 27.8 Å². The number of aryl methyl sites for hydroxylation is 1. The maximum absolute atomic E-state index is 12.8. The van der Waals surface area contributed by atoms with Gasteiger partial charge in [0.05, 0.1) is 44.9 Å². The van der Waals surface area contributed by atoms with Gasteiger partial charge in [0.15, 0.2) is 5.75 Å². The fourth-order valence-corrected chi connectivity index (χ4v) is 7.12. The molecule has 7 rings (SSSR count). The van der Waals surface area contributed by atoms with Crippen LogP contribution in [0.5, 0.6) is 5.75 Å². The largest absolute Gasteiger partial charge is 0.505 e. The van der Waals surface area contributed by atoms with Gasteiger partial charge in [-0.2, -0.15) is 0 Å². The summed E-state index contributed by atoms with van der Waals surface area (Å²) in [5.74, 6) is 1.56. The SMILES string of the molecule is CCc1c(N(c2ccc(N3CCC(N(C)C(=O)OC(C)(C)C)C3)nc2)c2ccnc3ccc(-c4cc(Cl)c(O)c(Cl)c4)nc23)[nH]c2ccccc12. The van der Waals surface area contributed by atoms with Crippen molar-refractivity contribution in [1.82, 2.24) is 24.8 Å². The number of fused-ring (bicyclic) bond motifs is 2. The van der Waals surface area contributed by atoms with Gasteiger partial charge in [-0.05, 0) is 82.1 Å². The molecule has 262 valence electrons. The number of pyridine rings is 3. The van der Waals surface area contributed by atoms with Gasteiger partial charge < -0.3 is 24.6 Å². The molecule has 1 unspecified atom stereocenters. The summed E-state index contributed by atoms with van der Waals surface area (Å²) in [7, 11) is 1.80. The molecule has 1 saturated heterocycles. The van der Waals surface area contributed by atoms with E-state index in [1.165, 1.54) is 0 Å². The molecule has 1 amide bonds. The van der Waals surface area contributed by atoms with Crippen LogP contribution >= 0.6 is 23.2 Å². The predicted molar refractivity (Wildman–Crippen MR) is 205 cm³/mol. The summed E-state index contributed by atoms with van der Waals surface area (Å²) in [6.45, 7) is 9.19. The minimum Gasteiger partial charge on any atom is -0.505 e. The van der Waals surface area contributed by atoms with Crippen molar-refractivity contribution in [3.05, 3.63) is 94.7 Å². The lowest BCUT2D eigenvalue weighted by atomic mass is 10.1. The van der Waals surface area contributed by atoms with Crippen molar-refractivity contribution >= 4 is 74.2 Å². The lowest BCUT2D eigenvalue weighted by molar-refractivity contribution is 0.0238. The minimum atomic E-state index is -0.556. The van der Waals surface area contributed by atoms with Crippen molar-refractivity contribution in [1.29, 1.82) is 0 Å². The van der Waals surface area contributed by atoms with Gasteiger partial charge in [0, 0.05) is 48.4 Å². The molecule has 0 saturated carbocycles. The van der Waals surface area contributed by atoms with Crippen molar-refractivity contribution in [3.63, 3.8) is 0 Å². The molecule has 0 aliphatic carbocycles. The Labute approximate surface area is 306 Å². The summed E-state index contributed by atoms with van der Waals surface area (Å²) in [5.41, 5.74) is 5.91. The highest BCUT2D eigenvalue weighted by Crippen LogP contribution is 2.43. The first kappa shape index (κ1) is 34.4. The van der Waals surface area contributed by atoms with E-state index in [4.69, 9.17) is 37.9 Å². The predicted octanol–water partition coefficient (Wildman–Crippen LogP) is 9.66. The van der Waals surface area contributed by atoms with Crippen molar-refractivity contribution in [2.75, 3.05) is 29.9 Å². The van der Waals surface area contributed by atoms with Gasteiger partial charge in [-0.1, -0.05) is 48.3 Å². The fourth-order valence-electron chi connectivity index (χ4n) is 6.64. The number of ether oxygens (including phenoxy) is 1. The number of likely N-dealkylation sites (N-methyl/N-ethyl adjacent to an activating group) is 1. The van der Waals surface area contributed by atoms with Crippen LogP contribution in [0.25, 0.3) is 33.2 Å². The Morgan fingerprint density at radius 2 is 1.82 bits per heavy atom. The van der Waals surface area contributed by atoms with E-state index in [9.17, 15) is 9.90 Å². The Hall–Kier alpha value is -5.06. The number of H-pyrrole nitrogens is 1. The number of nitrogens with one attached hydrogen (secondary N) is 1. The number of hydrogen-bond donors (Lipinski definition) is 2. The Balaban J connectivity index is 1.30. The van der Waals surface area contributed by atoms with Gasteiger partial charge in [-0.3, -0.25) is 9.88 Å². The average Bonchev–Trinajstić information content (AvgIpc) is 3.75. The zero-order valence-corrected chi connectivity index (χ0v) is 30.6. The lowest BCUT2D eigenvalue weighted by Crippen LogP contribution is -2.42. The molecule has 2 N–H and O–H groups in total. The molecule has 5 heterocycles. The van der Waals surface area contributed by atoms with Gasteiger partial charge >= 0.3 is 6.09 Å². The number of para-hydroxylation sites is 1. The number of hydrogen-bond acceptors (Lipinski definition) is 8. The number of nitrogens with zero attached hydrogens (tertiary/aromatic N) is 6. The van der Waals surface area contributed by atoms with Gasteiger partial charge in [-0.25, -0.2) is 14.8 Å². The van der Waals surface area contributed by atoms with E-state index in [0.29, 0.717) is 28.8 Å². The molecular weight excluding hydrogens is 685 g/mol. The molecule has 10 nitrogen and oxygen atoms in total. The number of aromatic nitrogens is 4. The van der Waals surface area contributed by atoms with Crippen molar-refractivity contribution < 1.29 is 14.6 Å². The Morgan fingerprint density at radius 3 is 2.53 bits per heavy atom. The second kappa shape index (κ2) is 13.6. The number of halogens is 2. The molecule has 0 spiro atoms. The Kier molecular flexibility index (Phi) is 9.16. The van der Waals surface area contributed by atoms with E-state index in [1.54, 1.807) is 30.3 Å². The maximum Gasteiger partial charge on any atom is 0.410 e. The fraction of sp³-hybridized carbons (Fsp3) is 0.282. The number of phenolic OH excluding ortho intramolecular Hbond substituents is 1. The molecule has 1 aliphatic heterocycles. The highest BCUT2D eigenvalue weighted by molar-refractivity contribution is 6.37.